The van der Waals surface area contributed by atoms with Gasteiger partial charge in [0.25, 0.3) is 0 Å². The fourth-order valence-corrected chi connectivity index (χ4v) is 2.17. The first kappa shape index (κ1) is 9.51. The van der Waals surface area contributed by atoms with Crippen molar-refractivity contribution in [2.75, 3.05) is 13.1 Å². The van der Waals surface area contributed by atoms with Crippen molar-refractivity contribution in [2.45, 2.75) is 0 Å². The van der Waals surface area contributed by atoms with Gasteiger partial charge in [-0.15, -0.1) is 0 Å². The molecule has 1 unspecified atom stereocenters. The minimum atomic E-state index is -0.429. The zero-order valence-electron chi connectivity index (χ0n) is 8.84. The molecule has 2 aromatic rings. The van der Waals surface area contributed by atoms with Crippen LogP contribution in [-0.4, -0.2) is 19.4 Å². The number of nitrogens with zero attached hydrogens (tertiary/aromatic N) is 2. The summed E-state index contributed by atoms with van der Waals surface area (Å²) in [6.07, 6.45) is 1.50. The monoisotopic (exact) mass is 212 g/mol. The molecule has 0 N–H and O–H groups in total. The number of rotatable bonds is 1. The van der Waals surface area contributed by atoms with Crippen LogP contribution in [0.25, 0.3) is 10.8 Å². The highest BCUT2D eigenvalue weighted by Gasteiger charge is 2.24. The number of hydrogen-bond donors (Lipinski definition) is 0. The lowest BCUT2D eigenvalue weighted by Crippen LogP contribution is -2.39. The van der Waals surface area contributed by atoms with Crippen molar-refractivity contribution in [3.05, 3.63) is 47.7 Å². The molecule has 2 aromatic carbocycles. The molecular formula is C13H12N2O. The molecule has 0 aromatic heterocycles. The van der Waals surface area contributed by atoms with Crippen LogP contribution in [0.15, 0.2) is 47.5 Å². The van der Waals surface area contributed by atoms with Gasteiger partial charge in [-0.1, -0.05) is 30.3 Å². The standard InChI is InChI=1S/C13H12N2O/c16-15(9-8-14-10-15)13-7-3-5-11-4-1-2-6-12(11)13/h1-7,10H,8-9H2. The molecule has 0 saturated carbocycles. The summed E-state index contributed by atoms with van der Waals surface area (Å²) in [4.78, 5) is 4.05. The lowest BCUT2D eigenvalue weighted by Gasteiger charge is -2.34. The SMILES string of the molecule is [O-][N+]1(c2cccc3ccccc23)C=NCC1. The smallest absolute Gasteiger partial charge is 0.190 e. The highest BCUT2D eigenvalue weighted by Crippen LogP contribution is 2.31. The van der Waals surface area contributed by atoms with Crippen LogP contribution >= 0.6 is 0 Å². The molecule has 0 fully saturated rings. The van der Waals surface area contributed by atoms with Crippen LogP contribution in [0.4, 0.5) is 5.69 Å². The van der Waals surface area contributed by atoms with Crippen molar-refractivity contribution in [1.82, 2.24) is 4.65 Å². The summed E-state index contributed by atoms with van der Waals surface area (Å²) in [6, 6.07) is 13.8. The first-order chi connectivity index (χ1) is 7.80. The van der Waals surface area contributed by atoms with Crippen LogP contribution < -0.4 is 4.65 Å². The lowest BCUT2D eigenvalue weighted by atomic mass is 10.1. The third kappa shape index (κ3) is 1.33. The zero-order valence-corrected chi connectivity index (χ0v) is 8.84. The second-order valence-corrected chi connectivity index (χ2v) is 4.04. The van der Waals surface area contributed by atoms with Gasteiger partial charge in [0.05, 0.1) is 6.54 Å². The van der Waals surface area contributed by atoms with Gasteiger partial charge in [-0.3, -0.25) is 4.65 Å². The van der Waals surface area contributed by atoms with Crippen molar-refractivity contribution in [1.29, 1.82) is 0 Å². The maximum Gasteiger partial charge on any atom is 0.190 e. The maximum absolute atomic E-state index is 12.5. The van der Waals surface area contributed by atoms with Gasteiger partial charge in [-0.05, 0) is 11.5 Å². The molecule has 0 aliphatic carbocycles. The van der Waals surface area contributed by atoms with Crippen LogP contribution in [-0.2, 0) is 0 Å². The van der Waals surface area contributed by atoms with Crippen LogP contribution in [0.1, 0.15) is 0 Å². The van der Waals surface area contributed by atoms with Crippen molar-refractivity contribution in [3.8, 4) is 0 Å². The van der Waals surface area contributed by atoms with E-state index >= 15 is 0 Å². The normalized spacial score (nSPS) is 24.1. The fourth-order valence-electron chi connectivity index (χ4n) is 2.17. The number of hydrogen-bond acceptors (Lipinski definition) is 2. The highest BCUT2D eigenvalue weighted by atomic mass is 16.5. The van der Waals surface area contributed by atoms with Gasteiger partial charge in [0.1, 0.15) is 12.2 Å². The first-order valence-corrected chi connectivity index (χ1v) is 5.38. The lowest BCUT2D eigenvalue weighted by molar-refractivity contribution is 0.605. The van der Waals surface area contributed by atoms with E-state index in [0.29, 0.717) is 13.1 Å². The molecule has 1 heterocycles. The van der Waals surface area contributed by atoms with Gasteiger partial charge in [-0.25, -0.2) is 4.99 Å². The quantitative estimate of drug-likeness (QED) is 0.528. The Morgan fingerprint density at radius 1 is 1.06 bits per heavy atom. The summed E-state index contributed by atoms with van der Waals surface area (Å²) in [7, 11) is 0. The van der Waals surface area contributed by atoms with E-state index in [1.165, 1.54) is 6.34 Å². The molecule has 0 spiro atoms. The predicted molar refractivity (Wildman–Crippen MR) is 67.3 cm³/mol. The van der Waals surface area contributed by atoms with Gasteiger partial charge in [0.15, 0.2) is 6.34 Å². The Bertz CT molecular complexity index is 559. The van der Waals surface area contributed by atoms with E-state index in [1.54, 1.807) is 0 Å². The Labute approximate surface area is 93.8 Å². The Balaban J connectivity index is 2.27. The maximum atomic E-state index is 12.5. The largest absolute Gasteiger partial charge is 0.621 e. The van der Waals surface area contributed by atoms with Crippen molar-refractivity contribution in [3.63, 3.8) is 0 Å². The molecule has 1 atom stereocenters. The first-order valence-electron chi connectivity index (χ1n) is 5.38. The summed E-state index contributed by atoms with van der Waals surface area (Å²) < 4.78 is -0.429. The molecule has 1 aliphatic rings. The number of quaternary nitrogens is 1. The topological polar surface area (TPSA) is 35.4 Å². The summed E-state index contributed by atoms with van der Waals surface area (Å²) in [5.74, 6) is 0. The summed E-state index contributed by atoms with van der Waals surface area (Å²) in [5, 5.41) is 14.6. The van der Waals surface area contributed by atoms with Gasteiger partial charge >= 0.3 is 0 Å². The zero-order chi connectivity index (χ0) is 11.0. The molecule has 3 heteroatoms. The second kappa shape index (κ2) is 3.40. The summed E-state index contributed by atoms with van der Waals surface area (Å²) in [5.41, 5.74) is 0.791. The molecule has 0 amide bonds. The van der Waals surface area contributed by atoms with Gasteiger partial charge in [-0.2, -0.15) is 0 Å². The van der Waals surface area contributed by atoms with Crippen LogP contribution in [0.2, 0.25) is 0 Å². The predicted octanol–water partition coefficient (Wildman–Crippen LogP) is 2.69. The van der Waals surface area contributed by atoms with E-state index in [0.717, 1.165) is 16.5 Å². The number of fused-ring (bicyclic) bond motifs is 1. The Kier molecular flexibility index (Phi) is 2.02. The number of benzene rings is 2. The Morgan fingerprint density at radius 3 is 2.69 bits per heavy atom. The Morgan fingerprint density at radius 2 is 1.88 bits per heavy atom. The van der Waals surface area contributed by atoms with Gasteiger partial charge in [0.2, 0.25) is 0 Å². The molecular weight excluding hydrogens is 200 g/mol. The Hall–Kier alpha value is -1.71. The third-order valence-corrected chi connectivity index (χ3v) is 3.00. The number of hydroxylamine groups is 2. The van der Waals surface area contributed by atoms with E-state index in [2.05, 4.69) is 4.99 Å². The van der Waals surface area contributed by atoms with E-state index < -0.39 is 4.65 Å². The fraction of sp³-hybridized carbons (Fsp3) is 0.154. The average molecular weight is 212 g/mol. The molecule has 16 heavy (non-hydrogen) atoms. The second-order valence-electron chi connectivity index (χ2n) is 4.04. The highest BCUT2D eigenvalue weighted by molar-refractivity contribution is 5.97. The van der Waals surface area contributed by atoms with E-state index in [9.17, 15) is 5.21 Å². The molecule has 0 radical (unpaired) electrons. The van der Waals surface area contributed by atoms with E-state index in [1.807, 2.05) is 42.5 Å². The molecule has 0 saturated heterocycles. The summed E-state index contributed by atoms with van der Waals surface area (Å²) >= 11 is 0. The summed E-state index contributed by atoms with van der Waals surface area (Å²) in [6.45, 7) is 1.13. The third-order valence-electron chi connectivity index (χ3n) is 3.00. The van der Waals surface area contributed by atoms with E-state index in [-0.39, 0.29) is 0 Å². The number of aliphatic imine (C=N–C) groups is 1. The van der Waals surface area contributed by atoms with Crippen molar-refractivity contribution < 1.29 is 0 Å². The van der Waals surface area contributed by atoms with Crippen LogP contribution in [0.5, 0.6) is 0 Å². The van der Waals surface area contributed by atoms with Crippen molar-refractivity contribution >= 4 is 22.8 Å². The molecule has 1 aliphatic heterocycles. The van der Waals surface area contributed by atoms with Crippen LogP contribution in [0, 0.1) is 5.21 Å². The average Bonchev–Trinajstić information content (AvgIpc) is 2.77. The van der Waals surface area contributed by atoms with Crippen LogP contribution in [0.3, 0.4) is 0 Å². The molecule has 80 valence electrons. The van der Waals surface area contributed by atoms with Gasteiger partial charge in [0, 0.05) is 11.5 Å². The molecule has 3 nitrogen and oxygen atoms in total. The van der Waals surface area contributed by atoms with Gasteiger partial charge < -0.3 is 5.21 Å². The van der Waals surface area contributed by atoms with E-state index in [4.69, 9.17) is 0 Å². The van der Waals surface area contributed by atoms with Crippen molar-refractivity contribution in [2.24, 2.45) is 4.99 Å². The molecule has 3 rings (SSSR count). The minimum absolute atomic E-state index is 0.429. The minimum Gasteiger partial charge on any atom is -0.621 e. The molecule has 0 bridgehead atoms.